The van der Waals surface area contributed by atoms with Crippen LogP contribution in [0.25, 0.3) is 0 Å². The van der Waals surface area contributed by atoms with Crippen molar-refractivity contribution in [3.63, 3.8) is 0 Å². The first-order valence-electron chi connectivity index (χ1n) is 5.10. The molecule has 0 aromatic rings. The summed E-state index contributed by atoms with van der Waals surface area (Å²) in [5, 5.41) is 0. The van der Waals surface area contributed by atoms with Gasteiger partial charge in [-0.1, -0.05) is 31.9 Å². The van der Waals surface area contributed by atoms with Crippen molar-refractivity contribution in [2.75, 3.05) is 0 Å². The predicted molar refractivity (Wildman–Crippen MR) is 57.9 cm³/mol. The molecule has 0 aromatic carbocycles. The van der Waals surface area contributed by atoms with Crippen LogP contribution in [0.2, 0.25) is 12.6 Å². The van der Waals surface area contributed by atoms with Gasteiger partial charge in [-0.05, 0) is 31.9 Å². The molecule has 2 heteroatoms. The second kappa shape index (κ2) is 9.01. The zero-order valence-electron chi connectivity index (χ0n) is 8.42. The van der Waals surface area contributed by atoms with E-state index in [2.05, 4.69) is 19.1 Å². The van der Waals surface area contributed by atoms with Crippen LogP contribution in [0, 0.1) is 0 Å². The smallest absolute Gasteiger partial charge is 0.169 e. The molecule has 0 aliphatic carbocycles. The van der Waals surface area contributed by atoms with Crippen LogP contribution in [0.3, 0.4) is 0 Å². The molecule has 1 atom stereocenters. The topological polar surface area (TPSA) is 20.2 Å². The van der Waals surface area contributed by atoms with Gasteiger partial charge in [-0.2, -0.15) is 0 Å². The third-order valence-electron chi connectivity index (χ3n) is 1.90. The number of hydrogen-bond donors (Lipinski definition) is 1. The molecule has 0 heterocycles. The highest BCUT2D eigenvalue weighted by atomic mass is 28.3. The first-order chi connectivity index (χ1) is 5.77. The molecule has 1 nitrogen and oxygen atoms in total. The van der Waals surface area contributed by atoms with Gasteiger partial charge in [-0.3, -0.25) is 0 Å². The lowest BCUT2D eigenvalue weighted by Crippen LogP contribution is -2.03. The number of hydrogen-bond acceptors (Lipinski definition) is 1. The molecule has 0 aliphatic heterocycles. The van der Waals surface area contributed by atoms with Crippen molar-refractivity contribution in [2.45, 2.75) is 51.6 Å². The molecule has 0 saturated carbocycles. The van der Waals surface area contributed by atoms with Crippen LogP contribution < -0.4 is 0 Å². The summed E-state index contributed by atoms with van der Waals surface area (Å²) >= 11 is 0. The van der Waals surface area contributed by atoms with Crippen molar-refractivity contribution in [3.05, 3.63) is 12.2 Å². The van der Waals surface area contributed by atoms with Crippen molar-refractivity contribution >= 4 is 9.04 Å². The average molecular weight is 186 g/mol. The van der Waals surface area contributed by atoms with Gasteiger partial charge in [0.15, 0.2) is 9.04 Å². The number of rotatable bonds is 7. The largest absolute Gasteiger partial charge is 0.435 e. The van der Waals surface area contributed by atoms with Gasteiger partial charge in [0.25, 0.3) is 0 Å². The Morgan fingerprint density at radius 2 is 1.92 bits per heavy atom. The monoisotopic (exact) mass is 186 g/mol. The Labute approximate surface area is 78.2 Å². The Morgan fingerprint density at radius 1 is 1.17 bits per heavy atom. The van der Waals surface area contributed by atoms with Crippen molar-refractivity contribution in [3.8, 4) is 0 Å². The molecule has 1 N–H and O–H groups in total. The minimum absolute atomic E-state index is 1.09. The highest BCUT2D eigenvalue weighted by Crippen LogP contribution is 2.05. The second-order valence-corrected chi connectivity index (χ2v) is 5.64. The quantitative estimate of drug-likeness (QED) is 0.368. The van der Waals surface area contributed by atoms with Gasteiger partial charge >= 0.3 is 0 Å². The van der Waals surface area contributed by atoms with Crippen LogP contribution in [0.15, 0.2) is 12.2 Å². The first-order valence-corrected chi connectivity index (χ1v) is 7.59. The molecule has 0 bridgehead atoms. The van der Waals surface area contributed by atoms with Crippen molar-refractivity contribution < 1.29 is 4.80 Å². The van der Waals surface area contributed by atoms with E-state index in [0.717, 1.165) is 12.5 Å². The predicted octanol–water partition coefficient (Wildman–Crippen LogP) is 2.86. The molecule has 0 rings (SSSR count). The van der Waals surface area contributed by atoms with Gasteiger partial charge in [-0.25, -0.2) is 0 Å². The van der Waals surface area contributed by atoms with Crippen molar-refractivity contribution in [1.29, 1.82) is 0 Å². The normalized spacial score (nSPS) is 13.9. The van der Waals surface area contributed by atoms with Gasteiger partial charge in [0.1, 0.15) is 0 Å². The van der Waals surface area contributed by atoms with Crippen LogP contribution in [-0.4, -0.2) is 13.8 Å². The zero-order chi connectivity index (χ0) is 9.23. The van der Waals surface area contributed by atoms with E-state index in [1.165, 1.54) is 25.7 Å². The molecule has 72 valence electrons. The van der Waals surface area contributed by atoms with E-state index in [1.807, 2.05) is 6.55 Å². The first kappa shape index (κ1) is 11.9. The van der Waals surface area contributed by atoms with Gasteiger partial charge in [0, 0.05) is 0 Å². The van der Waals surface area contributed by atoms with E-state index in [-0.39, 0.29) is 0 Å². The molecule has 12 heavy (non-hydrogen) atoms. The minimum atomic E-state index is -1.25. The molecule has 0 aliphatic rings. The van der Waals surface area contributed by atoms with E-state index >= 15 is 0 Å². The lowest BCUT2D eigenvalue weighted by atomic mass is 10.2. The molecular weight excluding hydrogens is 164 g/mol. The Hall–Kier alpha value is -0.0831. The fraction of sp³-hybridized carbons (Fsp3) is 0.800. The summed E-state index contributed by atoms with van der Waals surface area (Å²) in [6.07, 6.45) is 10.7. The fourth-order valence-corrected chi connectivity index (χ4v) is 2.04. The molecule has 0 radical (unpaired) electrons. The van der Waals surface area contributed by atoms with E-state index in [4.69, 9.17) is 4.80 Å². The zero-order valence-corrected chi connectivity index (χ0v) is 9.58. The molecule has 0 aromatic heterocycles. The molecule has 0 saturated heterocycles. The highest BCUT2D eigenvalue weighted by Gasteiger charge is 1.96. The van der Waals surface area contributed by atoms with Crippen molar-refractivity contribution in [2.24, 2.45) is 0 Å². The number of unbranched alkanes of at least 4 members (excludes halogenated alkanes) is 3. The summed E-state index contributed by atoms with van der Waals surface area (Å²) in [4.78, 5) is 9.12. The summed E-state index contributed by atoms with van der Waals surface area (Å²) < 4.78 is 0. The van der Waals surface area contributed by atoms with Crippen molar-refractivity contribution in [1.82, 2.24) is 0 Å². The average Bonchev–Trinajstić information content (AvgIpc) is 2.02. The van der Waals surface area contributed by atoms with Crippen LogP contribution in [0.5, 0.6) is 0 Å². The molecular formula is C10H22OSi. The van der Waals surface area contributed by atoms with Crippen LogP contribution in [0.4, 0.5) is 0 Å². The number of allylic oxidation sites excluding steroid dienone is 2. The maximum absolute atomic E-state index is 9.12. The maximum Gasteiger partial charge on any atom is 0.169 e. The van der Waals surface area contributed by atoms with E-state index in [9.17, 15) is 0 Å². The summed E-state index contributed by atoms with van der Waals surface area (Å²) in [6, 6.07) is 1.09. The maximum atomic E-state index is 9.12. The summed E-state index contributed by atoms with van der Waals surface area (Å²) in [5.74, 6) is 0. The molecule has 0 amide bonds. The molecule has 0 spiro atoms. The Morgan fingerprint density at radius 3 is 2.50 bits per heavy atom. The lowest BCUT2D eigenvalue weighted by Gasteiger charge is -2.00. The molecule has 0 fully saturated rings. The van der Waals surface area contributed by atoms with Gasteiger partial charge < -0.3 is 4.80 Å². The third-order valence-corrected chi connectivity index (χ3v) is 3.14. The summed E-state index contributed by atoms with van der Waals surface area (Å²) in [7, 11) is -1.25. The van der Waals surface area contributed by atoms with Gasteiger partial charge in [0.05, 0.1) is 0 Å². The van der Waals surface area contributed by atoms with Crippen LogP contribution in [-0.2, 0) is 0 Å². The van der Waals surface area contributed by atoms with E-state index < -0.39 is 9.04 Å². The Bertz CT molecular complexity index is 110. The van der Waals surface area contributed by atoms with E-state index in [1.54, 1.807) is 0 Å². The van der Waals surface area contributed by atoms with Gasteiger partial charge in [-0.15, -0.1) is 0 Å². The SMILES string of the molecule is CCC=CCCCCC[SiH](C)O. The highest BCUT2D eigenvalue weighted by molar-refractivity contribution is 6.48. The fourth-order valence-electron chi connectivity index (χ4n) is 1.16. The second-order valence-electron chi connectivity index (χ2n) is 3.37. The standard InChI is InChI=1S/C10H22OSi/c1-3-4-5-6-7-8-9-10-12(2)11/h4-5,11-12H,3,6-10H2,1-2H3. The third kappa shape index (κ3) is 9.92. The van der Waals surface area contributed by atoms with E-state index in [0.29, 0.717) is 0 Å². The lowest BCUT2D eigenvalue weighted by molar-refractivity contribution is 0.567. The van der Waals surface area contributed by atoms with Crippen LogP contribution in [0.1, 0.15) is 39.0 Å². The summed E-state index contributed by atoms with van der Waals surface area (Å²) in [5.41, 5.74) is 0. The van der Waals surface area contributed by atoms with Gasteiger partial charge in [0.2, 0.25) is 0 Å². The Kier molecular flexibility index (Phi) is 8.95. The molecule has 1 unspecified atom stereocenters. The summed E-state index contributed by atoms with van der Waals surface area (Å²) in [6.45, 7) is 4.16. The van der Waals surface area contributed by atoms with Crippen LogP contribution >= 0.6 is 0 Å². The minimum Gasteiger partial charge on any atom is -0.435 e. The Balaban J connectivity index is 2.96.